The quantitative estimate of drug-likeness (QED) is 0.0261. The summed E-state index contributed by atoms with van der Waals surface area (Å²) >= 11 is 0. The SMILES string of the molecule is CCCCCC/C=C\C/C=C\CCCCCCCC(=O)OC(COC(=O)CCCCCCCCCCC)COC(=O)CCCCCCCCCCCCCCCCCCCCCCCCC/C=C\C/C=C\CCCCCCC. The number of rotatable bonds is 64. The molecule has 0 heterocycles. The first-order chi connectivity index (χ1) is 38.5. The zero-order valence-corrected chi connectivity index (χ0v) is 52.5. The number of carbonyl (C=O) groups excluding carboxylic acids is 3. The number of esters is 3. The van der Waals surface area contributed by atoms with E-state index in [1.165, 1.54) is 244 Å². The summed E-state index contributed by atoms with van der Waals surface area (Å²) in [6.07, 6.45) is 84.5. The summed E-state index contributed by atoms with van der Waals surface area (Å²) in [6, 6.07) is 0. The number of hydrogen-bond acceptors (Lipinski definition) is 6. The number of allylic oxidation sites excluding steroid dienone is 8. The fraction of sp³-hybridized carbons (Fsp3) is 0.847. The van der Waals surface area contributed by atoms with E-state index in [1.807, 2.05) is 0 Å². The molecule has 0 aromatic carbocycles. The van der Waals surface area contributed by atoms with Crippen molar-refractivity contribution >= 4 is 17.9 Å². The van der Waals surface area contributed by atoms with Crippen LogP contribution < -0.4 is 0 Å². The highest BCUT2D eigenvalue weighted by molar-refractivity contribution is 5.71. The van der Waals surface area contributed by atoms with Crippen LogP contribution in [0.1, 0.15) is 374 Å². The highest BCUT2D eigenvalue weighted by atomic mass is 16.6. The van der Waals surface area contributed by atoms with Crippen LogP contribution in [0.25, 0.3) is 0 Å². The van der Waals surface area contributed by atoms with Crippen molar-refractivity contribution in [2.75, 3.05) is 13.2 Å². The Morgan fingerprint density at radius 2 is 0.462 bits per heavy atom. The fourth-order valence-electron chi connectivity index (χ4n) is 10.3. The molecule has 0 fully saturated rings. The topological polar surface area (TPSA) is 78.9 Å². The molecule has 0 rings (SSSR count). The number of ether oxygens (including phenoxy) is 3. The van der Waals surface area contributed by atoms with E-state index in [2.05, 4.69) is 69.4 Å². The molecular formula is C72H132O6. The second kappa shape index (κ2) is 66.9. The Hall–Kier alpha value is -2.63. The van der Waals surface area contributed by atoms with Crippen molar-refractivity contribution in [1.29, 1.82) is 0 Å². The Balaban J connectivity index is 3.99. The van der Waals surface area contributed by atoms with E-state index in [-0.39, 0.29) is 31.1 Å². The van der Waals surface area contributed by atoms with Gasteiger partial charge in [0, 0.05) is 19.3 Å². The summed E-state index contributed by atoms with van der Waals surface area (Å²) in [6.45, 7) is 6.63. The van der Waals surface area contributed by atoms with Crippen LogP contribution in [-0.2, 0) is 28.6 Å². The van der Waals surface area contributed by atoms with E-state index >= 15 is 0 Å². The van der Waals surface area contributed by atoms with Crippen molar-refractivity contribution in [2.45, 2.75) is 380 Å². The van der Waals surface area contributed by atoms with Gasteiger partial charge in [0.15, 0.2) is 6.10 Å². The number of hydrogen-bond donors (Lipinski definition) is 0. The Kier molecular flexibility index (Phi) is 64.6. The first kappa shape index (κ1) is 75.4. The predicted octanol–water partition coefficient (Wildman–Crippen LogP) is 23.7. The van der Waals surface area contributed by atoms with E-state index in [4.69, 9.17) is 14.2 Å². The Morgan fingerprint density at radius 3 is 0.718 bits per heavy atom. The van der Waals surface area contributed by atoms with Gasteiger partial charge in [-0.15, -0.1) is 0 Å². The van der Waals surface area contributed by atoms with Gasteiger partial charge >= 0.3 is 17.9 Å². The molecule has 0 saturated carbocycles. The van der Waals surface area contributed by atoms with Gasteiger partial charge in [-0.05, 0) is 83.5 Å². The van der Waals surface area contributed by atoms with Crippen molar-refractivity contribution in [3.63, 3.8) is 0 Å². The average Bonchev–Trinajstić information content (AvgIpc) is 3.44. The molecular weight excluding hydrogens is 961 g/mol. The molecule has 0 aromatic rings. The van der Waals surface area contributed by atoms with Crippen LogP contribution in [0.2, 0.25) is 0 Å². The second-order valence-corrected chi connectivity index (χ2v) is 23.4. The van der Waals surface area contributed by atoms with Crippen LogP contribution in [0, 0.1) is 0 Å². The zero-order valence-electron chi connectivity index (χ0n) is 52.5. The van der Waals surface area contributed by atoms with Crippen LogP contribution in [0.5, 0.6) is 0 Å². The molecule has 1 unspecified atom stereocenters. The summed E-state index contributed by atoms with van der Waals surface area (Å²) in [5.41, 5.74) is 0. The average molecular weight is 1090 g/mol. The third-order valence-corrected chi connectivity index (χ3v) is 15.6. The lowest BCUT2D eigenvalue weighted by Gasteiger charge is -2.18. The largest absolute Gasteiger partial charge is 0.462 e. The van der Waals surface area contributed by atoms with Gasteiger partial charge < -0.3 is 14.2 Å². The Labute approximate surface area is 486 Å². The second-order valence-electron chi connectivity index (χ2n) is 23.4. The van der Waals surface area contributed by atoms with E-state index < -0.39 is 6.10 Å². The van der Waals surface area contributed by atoms with Crippen molar-refractivity contribution in [1.82, 2.24) is 0 Å². The summed E-state index contributed by atoms with van der Waals surface area (Å²) in [4.78, 5) is 38.2. The van der Waals surface area contributed by atoms with Gasteiger partial charge in [-0.1, -0.05) is 320 Å². The maximum Gasteiger partial charge on any atom is 0.306 e. The van der Waals surface area contributed by atoms with Crippen LogP contribution in [-0.4, -0.2) is 37.2 Å². The molecule has 0 aliphatic heterocycles. The van der Waals surface area contributed by atoms with Crippen molar-refractivity contribution < 1.29 is 28.6 Å². The highest BCUT2D eigenvalue weighted by Gasteiger charge is 2.19. The maximum atomic E-state index is 12.9. The summed E-state index contributed by atoms with van der Waals surface area (Å²) in [5, 5.41) is 0. The molecule has 0 amide bonds. The van der Waals surface area contributed by atoms with E-state index in [0.717, 1.165) is 89.9 Å². The van der Waals surface area contributed by atoms with Crippen molar-refractivity contribution in [2.24, 2.45) is 0 Å². The molecule has 0 N–H and O–H groups in total. The molecule has 0 aliphatic carbocycles. The maximum absolute atomic E-state index is 12.9. The third kappa shape index (κ3) is 64.2. The zero-order chi connectivity index (χ0) is 56.4. The normalized spacial score (nSPS) is 12.3. The first-order valence-electron chi connectivity index (χ1n) is 34.6. The highest BCUT2D eigenvalue weighted by Crippen LogP contribution is 2.18. The summed E-state index contributed by atoms with van der Waals surface area (Å²) in [7, 11) is 0. The van der Waals surface area contributed by atoms with Gasteiger partial charge in [0.2, 0.25) is 0 Å². The molecule has 0 spiro atoms. The van der Waals surface area contributed by atoms with Gasteiger partial charge in [-0.3, -0.25) is 14.4 Å². The Bertz CT molecular complexity index is 1350. The molecule has 6 nitrogen and oxygen atoms in total. The molecule has 0 bridgehead atoms. The van der Waals surface area contributed by atoms with Gasteiger partial charge in [0.25, 0.3) is 0 Å². The molecule has 1 atom stereocenters. The molecule has 6 heteroatoms. The number of carbonyl (C=O) groups is 3. The van der Waals surface area contributed by atoms with Crippen molar-refractivity contribution in [3.8, 4) is 0 Å². The minimum atomic E-state index is -0.776. The monoisotopic (exact) mass is 1090 g/mol. The lowest BCUT2D eigenvalue weighted by molar-refractivity contribution is -0.167. The van der Waals surface area contributed by atoms with Crippen LogP contribution in [0.3, 0.4) is 0 Å². The van der Waals surface area contributed by atoms with Gasteiger partial charge in [-0.2, -0.15) is 0 Å². The number of unbranched alkanes of at least 4 members (excludes halogenated alkanes) is 45. The standard InChI is InChI=1S/C72H132O6/c1-4-7-10-13-16-19-21-23-25-27-28-29-30-31-32-33-34-35-36-37-38-39-40-41-42-43-44-45-47-48-50-53-56-59-62-65-71(74)77-68-69(67-76-70(73)64-61-58-55-52-18-15-12-9-6-3)78-72(75)66-63-60-57-54-51-49-46-26-24-22-20-17-14-11-8-5-2/h20-23,26-28,46,69H,4-19,24-25,29-45,47-68H2,1-3H3/b22-20-,23-21-,28-27-,46-26-. The summed E-state index contributed by atoms with van der Waals surface area (Å²) < 4.78 is 16.9. The van der Waals surface area contributed by atoms with Crippen LogP contribution in [0.4, 0.5) is 0 Å². The molecule has 0 aliphatic rings. The van der Waals surface area contributed by atoms with Gasteiger partial charge in [0.05, 0.1) is 0 Å². The third-order valence-electron chi connectivity index (χ3n) is 15.6. The minimum absolute atomic E-state index is 0.0737. The van der Waals surface area contributed by atoms with Gasteiger partial charge in [-0.25, -0.2) is 0 Å². The minimum Gasteiger partial charge on any atom is -0.462 e. The van der Waals surface area contributed by atoms with E-state index in [1.54, 1.807) is 0 Å². The lowest BCUT2D eigenvalue weighted by atomic mass is 10.0. The molecule has 0 saturated heterocycles. The molecule has 78 heavy (non-hydrogen) atoms. The lowest BCUT2D eigenvalue weighted by Crippen LogP contribution is -2.30. The Morgan fingerprint density at radius 1 is 0.256 bits per heavy atom. The smallest absolute Gasteiger partial charge is 0.306 e. The summed E-state index contributed by atoms with van der Waals surface area (Å²) in [5.74, 6) is -0.869. The molecule has 0 radical (unpaired) electrons. The van der Waals surface area contributed by atoms with Crippen LogP contribution in [0.15, 0.2) is 48.6 Å². The predicted molar refractivity (Wildman–Crippen MR) is 339 cm³/mol. The van der Waals surface area contributed by atoms with Crippen molar-refractivity contribution in [3.05, 3.63) is 48.6 Å². The molecule has 0 aromatic heterocycles. The van der Waals surface area contributed by atoms with Crippen LogP contribution >= 0.6 is 0 Å². The van der Waals surface area contributed by atoms with E-state index in [0.29, 0.717) is 19.3 Å². The first-order valence-corrected chi connectivity index (χ1v) is 34.6. The van der Waals surface area contributed by atoms with Gasteiger partial charge in [0.1, 0.15) is 13.2 Å². The van der Waals surface area contributed by atoms with E-state index in [9.17, 15) is 14.4 Å². The fourth-order valence-corrected chi connectivity index (χ4v) is 10.3. The molecule has 456 valence electrons.